The van der Waals surface area contributed by atoms with Crippen molar-refractivity contribution >= 4 is 23.5 Å². The first-order valence-corrected chi connectivity index (χ1v) is 12.2. The number of likely N-dealkylation sites (tertiary alicyclic amines) is 1. The third-order valence-electron chi connectivity index (χ3n) is 7.39. The fourth-order valence-electron chi connectivity index (χ4n) is 5.73. The van der Waals surface area contributed by atoms with Crippen molar-refractivity contribution in [2.45, 2.75) is 58.4 Å². The van der Waals surface area contributed by atoms with Crippen LogP contribution in [0.5, 0.6) is 0 Å². The predicted molar refractivity (Wildman–Crippen MR) is 127 cm³/mol. The van der Waals surface area contributed by atoms with Gasteiger partial charge in [-0.3, -0.25) is 24.5 Å². The summed E-state index contributed by atoms with van der Waals surface area (Å²) < 4.78 is 3.28. The van der Waals surface area contributed by atoms with E-state index in [1.165, 1.54) is 4.68 Å². The molecule has 5 unspecified atom stereocenters. The third-order valence-corrected chi connectivity index (χ3v) is 7.39. The molecule has 0 aromatic carbocycles. The molecule has 186 valence electrons. The molecule has 2 bridgehead atoms. The van der Waals surface area contributed by atoms with E-state index < -0.39 is 18.1 Å². The van der Waals surface area contributed by atoms with E-state index >= 15 is 0 Å². The van der Waals surface area contributed by atoms with Crippen LogP contribution in [-0.4, -0.2) is 56.1 Å². The van der Waals surface area contributed by atoms with Crippen LogP contribution in [0.2, 0.25) is 0 Å². The van der Waals surface area contributed by atoms with Gasteiger partial charge in [0.05, 0.1) is 11.6 Å². The summed E-state index contributed by atoms with van der Waals surface area (Å²) in [4.78, 5) is 52.5. The van der Waals surface area contributed by atoms with E-state index in [-0.39, 0.29) is 35.3 Å². The Labute approximate surface area is 202 Å². The summed E-state index contributed by atoms with van der Waals surface area (Å²) in [5.74, 6) is -1.12. The Balaban J connectivity index is 1.30. The van der Waals surface area contributed by atoms with Gasteiger partial charge in [0.1, 0.15) is 5.82 Å². The topological polar surface area (TPSA) is 130 Å². The summed E-state index contributed by atoms with van der Waals surface area (Å²) in [6.45, 7) is 7.05. The summed E-state index contributed by atoms with van der Waals surface area (Å²) in [5.41, 5.74) is 1.53. The van der Waals surface area contributed by atoms with Crippen molar-refractivity contribution in [3.05, 3.63) is 46.0 Å². The lowest BCUT2D eigenvalue weighted by Gasteiger charge is -2.42. The molecule has 11 nitrogen and oxygen atoms in total. The molecule has 5 heterocycles. The van der Waals surface area contributed by atoms with Gasteiger partial charge in [-0.1, -0.05) is 13.0 Å². The zero-order valence-corrected chi connectivity index (χ0v) is 20.2. The van der Waals surface area contributed by atoms with Crippen LogP contribution in [0.3, 0.4) is 0 Å². The van der Waals surface area contributed by atoms with Gasteiger partial charge in [0, 0.05) is 49.4 Å². The highest BCUT2D eigenvalue weighted by molar-refractivity contribution is 6.39. The molecule has 5 rings (SSSR count). The number of piperidine rings is 1. The Bertz CT molecular complexity index is 1230. The number of rotatable bonds is 3. The number of carbonyl (C=O) groups excluding carboxylic acids is 3. The van der Waals surface area contributed by atoms with E-state index in [9.17, 15) is 19.2 Å². The molecule has 3 aliphatic heterocycles. The molecule has 2 fully saturated rings. The van der Waals surface area contributed by atoms with Crippen LogP contribution in [0.15, 0.2) is 29.1 Å². The maximum atomic E-state index is 13.1. The Morgan fingerprint density at radius 3 is 2.74 bits per heavy atom. The average molecular weight is 482 g/mol. The molecule has 3 amide bonds. The Hall–Kier alpha value is -3.47. The molecule has 0 spiro atoms. The number of anilines is 1. The van der Waals surface area contributed by atoms with Gasteiger partial charge in [-0.05, 0) is 38.7 Å². The minimum absolute atomic E-state index is 0.0237. The molecule has 35 heavy (non-hydrogen) atoms. The molecule has 0 aliphatic carbocycles. The number of aryl methyl sites for hydroxylation is 1. The lowest BCUT2D eigenvalue weighted by atomic mass is 9.83. The van der Waals surface area contributed by atoms with E-state index in [0.717, 1.165) is 12.1 Å². The van der Waals surface area contributed by atoms with Crippen molar-refractivity contribution in [3.8, 4) is 0 Å². The number of hydrogen-bond acceptors (Lipinski definition) is 6. The Morgan fingerprint density at radius 2 is 2.00 bits per heavy atom. The molecular formula is C24H31N7O4. The van der Waals surface area contributed by atoms with Gasteiger partial charge in [-0.2, -0.15) is 5.10 Å². The lowest BCUT2D eigenvalue weighted by molar-refractivity contribution is -0.145. The van der Waals surface area contributed by atoms with E-state index in [1.807, 2.05) is 19.9 Å². The summed E-state index contributed by atoms with van der Waals surface area (Å²) >= 11 is 0. The minimum atomic E-state index is -0.752. The zero-order chi connectivity index (χ0) is 24.9. The van der Waals surface area contributed by atoms with Crippen molar-refractivity contribution in [3.63, 3.8) is 0 Å². The van der Waals surface area contributed by atoms with Crippen LogP contribution >= 0.6 is 0 Å². The van der Waals surface area contributed by atoms with E-state index in [0.29, 0.717) is 37.6 Å². The normalized spacial score (nSPS) is 27.7. The molecule has 5 atom stereocenters. The molecule has 3 N–H and O–H groups in total. The summed E-state index contributed by atoms with van der Waals surface area (Å²) in [7, 11) is 0. The highest BCUT2D eigenvalue weighted by Gasteiger charge is 2.38. The van der Waals surface area contributed by atoms with Crippen molar-refractivity contribution in [1.29, 1.82) is 0 Å². The molecule has 2 saturated heterocycles. The Kier molecular flexibility index (Phi) is 5.96. The number of pyridine rings is 1. The van der Waals surface area contributed by atoms with Gasteiger partial charge < -0.3 is 20.1 Å². The van der Waals surface area contributed by atoms with Gasteiger partial charge in [0.25, 0.3) is 5.56 Å². The van der Waals surface area contributed by atoms with Gasteiger partial charge in [-0.25, -0.2) is 4.68 Å². The van der Waals surface area contributed by atoms with Crippen LogP contribution < -0.4 is 21.5 Å². The van der Waals surface area contributed by atoms with Gasteiger partial charge in [-0.15, -0.1) is 0 Å². The number of fused-ring (bicyclic) bond motifs is 4. The number of nitrogens with zero attached hydrogens (tertiary/aromatic N) is 4. The van der Waals surface area contributed by atoms with Gasteiger partial charge in [0.15, 0.2) is 6.29 Å². The summed E-state index contributed by atoms with van der Waals surface area (Å²) in [6.07, 6.45) is 0.966. The second kappa shape index (κ2) is 8.95. The first-order chi connectivity index (χ1) is 16.7. The van der Waals surface area contributed by atoms with Crippen molar-refractivity contribution < 1.29 is 14.4 Å². The van der Waals surface area contributed by atoms with Crippen LogP contribution in [0.1, 0.15) is 50.3 Å². The highest BCUT2D eigenvalue weighted by atomic mass is 16.2. The van der Waals surface area contributed by atoms with Crippen molar-refractivity contribution in [2.24, 2.45) is 11.8 Å². The van der Waals surface area contributed by atoms with Crippen LogP contribution in [0, 0.1) is 18.8 Å². The second-order valence-electron chi connectivity index (χ2n) is 9.86. The number of aromatic nitrogens is 3. The maximum Gasteiger partial charge on any atom is 0.315 e. The van der Waals surface area contributed by atoms with E-state index in [1.54, 1.807) is 34.6 Å². The lowest BCUT2D eigenvalue weighted by Crippen LogP contribution is -2.57. The molecule has 0 radical (unpaired) electrons. The molecule has 2 aromatic heterocycles. The molecule has 2 aromatic rings. The average Bonchev–Trinajstić information content (AvgIpc) is 3.18. The quantitative estimate of drug-likeness (QED) is 0.548. The zero-order valence-electron chi connectivity index (χ0n) is 20.2. The van der Waals surface area contributed by atoms with Crippen LogP contribution in [-0.2, 0) is 20.9 Å². The highest BCUT2D eigenvalue weighted by Crippen LogP contribution is 2.35. The van der Waals surface area contributed by atoms with Crippen molar-refractivity contribution in [2.75, 3.05) is 18.4 Å². The third kappa shape index (κ3) is 4.24. The first kappa shape index (κ1) is 23.3. The standard InChI is InChI=1S/C24H31N7O4/c1-4-17-14(3)25-24(27-21(17)33)31-19(8-13(2)28-31)26-22(34)23(35)29-10-15-9-16(12-29)18-6-5-7-20(32)30(18)11-15/h5-8,14-17,24-25H,4,9-12H2,1-3H3,(H,26,34)(H,27,33). The number of nitrogens with one attached hydrogen (secondary N) is 3. The fraction of sp³-hybridized carbons (Fsp3) is 0.542. The second-order valence-corrected chi connectivity index (χ2v) is 9.86. The van der Waals surface area contributed by atoms with E-state index in [4.69, 9.17) is 0 Å². The number of amides is 3. The fourth-order valence-corrected chi connectivity index (χ4v) is 5.73. The smallest absolute Gasteiger partial charge is 0.315 e. The Morgan fingerprint density at radius 1 is 1.20 bits per heavy atom. The largest absolute Gasteiger partial charge is 0.333 e. The SMILES string of the molecule is CCC1C(=O)NC(n2nc(C)cc2NC(=O)C(=O)N2CC3CC(C2)c2cccc(=O)n2C3)NC1C. The molecular weight excluding hydrogens is 450 g/mol. The monoisotopic (exact) mass is 481 g/mol. The summed E-state index contributed by atoms with van der Waals surface area (Å²) in [5, 5.41) is 13.3. The van der Waals surface area contributed by atoms with Crippen LogP contribution in [0.4, 0.5) is 5.82 Å². The van der Waals surface area contributed by atoms with Crippen molar-refractivity contribution in [1.82, 2.24) is 29.9 Å². The first-order valence-electron chi connectivity index (χ1n) is 12.2. The van der Waals surface area contributed by atoms with Gasteiger partial charge >= 0.3 is 11.8 Å². The van der Waals surface area contributed by atoms with E-state index in [2.05, 4.69) is 21.0 Å². The molecule has 0 saturated carbocycles. The van der Waals surface area contributed by atoms with Gasteiger partial charge in [0.2, 0.25) is 5.91 Å². The maximum absolute atomic E-state index is 13.1. The van der Waals surface area contributed by atoms with Crippen LogP contribution in [0.25, 0.3) is 0 Å². The predicted octanol–water partition coefficient (Wildman–Crippen LogP) is 0.528. The molecule has 11 heteroatoms. The number of hydrogen-bond donors (Lipinski definition) is 3. The minimum Gasteiger partial charge on any atom is -0.333 e. The molecule has 3 aliphatic rings. The summed E-state index contributed by atoms with van der Waals surface area (Å²) in [6, 6.07) is 6.82. The number of carbonyl (C=O) groups is 3.